The summed E-state index contributed by atoms with van der Waals surface area (Å²) < 4.78 is 0. The number of nitrogens with one attached hydrogen (secondary N) is 1. The second kappa shape index (κ2) is 5.98. The molecule has 0 saturated carbocycles. The molecule has 1 aromatic carbocycles. The average molecular weight is 299 g/mol. The molecule has 3 rings (SSSR count). The minimum absolute atomic E-state index is 0.799. The monoisotopic (exact) mass is 299 g/mol. The quantitative estimate of drug-likeness (QED) is 0.563. The number of aryl methyl sites for hydroxylation is 1. The molecule has 2 heterocycles. The van der Waals surface area contributed by atoms with Gasteiger partial charge in [0.1, 0.15) is 0 Å². The maximum Gasteiger partial charge on any atom is 0.203 e. The Bertz CT molecular complexity index is 697. The summed E-state index contributed by atoms with van der Waals surface area (Å²) in [4.78, 5) is 5.64. The molecule has 20 heavy (non-hydrogen) atoms. The number of hydrogen-bond donors (Lipinski definition) is 1. The number of aromatic nitrogens is 1. The van der Waals surface area contributed by atoms with Crippen molar-refractivity contribution in [3.63, 3.8) is 0 Å². The number of benzene rings is 1. The van der Waals surface area contributed by atoms with Crippen molar-refractivity contribution >= 4 is 34.0 Å². The molecule has 0 fully saturated rings. The Morgan fingerprint density at radius 3 is 2.75 bits per heavy atom. The number of hydrogen-bond acceptors (Lipinski definition) is 5. The summed E-state index contributed by atoms with van der Waals surface area (Å²) in [6.07, 6.45) is 1.80. The molecule has 0 aliphatic carbocycles. The molecular formula is C15H13N3S2. The van der Waals surface area contributed by atoms with Gasteiger partial charge in [-0.05, 0) is 18.4 Å². The van der Waals surface area contributed by atoms with Gasteiger partial charge in [0, 0.05) is 15.8 Å². The number of thiophene rings is 1. The Hall–Kier alpha value is -1.98. The first-order valence-corrected chi connectivity index (χ1v) is 7.92. The fourth-order valence-corrected chi connectivity index (χ4v) is 2.95. The maximum atomic E-state index is 4.53. The van der Waals surface area contributed by atoms with Crippen LogP contribution in [-0.4, -0.2) is 11.2 Å². The van der Waals surface area contributed by atoms with E-state index in [9.17, 15) is 0 Å². The van der Waals surface area contributed by atoms with Crippen LogP contribution in [0.2, 0.25) is 0 Å². The highest BCUT2D eigenvalue weighted by molar-refractivity contribution is 7.14. The van der Waals surface area contributed by atoms with Crippen molar-refractivity contribution in [2.75, 3.05) is 5.43 Å². The fraction of sp³-hybridized carbons (Fsp3) is 0.0667. The van der Waals surface area contributed by atoms with Crippen LogP contribution in [0, 0.1) is 6.92 Å². The van der Waals surface area contributed by atoms with Gasteiger partial charge in [-0.25, -0.2) is 4.98 Å². The van der Waals surface area contributed by atoms with Crippen LogP contribution < -0.4 is 5.43 Å². The van der Waals surface area contributed by atoms with Gasteiger partial charge in [-0.15, -0.1) is 22.7 Å². The summed E-state index contributed by atoms with van der Waals surface area (Å²) in [7, 11) is 0. The molecule has 2 aromatic heterocycles. The third kappa shape index (κ3) is 3.12. The van der Waals surface area contributed by atoms with E-state index in [1.54, 1.807) is 28.9 Å². The predicted molar refractivity (Wildman–Crippen MR) is 87.8 cm³/mol. The molecule has 0 unspecified atom stereocenters. The lowest BCUT2D eigenvalue weighted by atomic mass is 10.1. The zero-order chi connectivity index (χ0) is 13.8. The lowest BCUT2D eigenvalue weighted by Crippen LogP contribution is -1.88. The van der Waals surface area contributed by atoms with Crippen molar-refractivity contribution < 1.29 is 0 Å². The van der Waals surface area contributed by atoms with Crippen molar-refractivity contribution in [2.24, 2.45) is 5.10 Å². The molecule has 0 spiro atoms. The molecule has 0 saturated heterocycles. The third-order valence-electron chi connectivity index (χ3n) is 2.75. The molecule has 0 radical (unpaired) electrons. The summed E-state index contributed by atoms with van der Waals surface area (Å²) in [6.45, 7) is 2.08. The molecule has 5 heteroatoms. The first kappa shape index (κ1) is 13.0. The van der Waals surface area contributed by atoms with Gasteiger partial charge in [-0.2, -0.15) is 5.10 Å². The van der Waals surface area contributed by atoms with Gasteiger partial charge in [0.05, 0.1) is 11.9 Å². The summed E-state index contributed by atoms with van der Waals surface area (Å²) in [5.74, 6) is 0. The Balaban J connectivity index is 1.69. The van der Waals surface area contributed by atoms with Crippen LogP contribution in [0.4, 0.5) is 5.13 Å². The topological polar surface area (TPSA) is 37.3 Å². The number of thiazole rings is 1. The minimum atomic E-state index is 0.799. The van der Waals surface area contributed by atoms with E-state index < -0.39 is 0 Å². The van der Waals surface area contributed by atoms with Crippen molar-refractivity contribution in [1.82, 2.24) is 4.98 Å². The lowest BCUT2D eigenvalue weighted by molar-refractivity contribution is 1.29. The van der Waals surface area contributed by atoms with Crippen molar-refractivity contribution in [2.45, 2.75) is 6.92 Å². The number of rotatable bonds is 4. The van der Waals surface area contributed by atoms with E-state index in [-0.39, 0.29) is 0 Å². The molecule has 0 bridgehead atoms. The van der Waals surface area contributed by atoms with Crippen LogP contribution in [0.15, 0.2) is 52.3 Å². The molecule has 0 atom stereocenters. The summed E-state index contributed by atoms with van der Waals surface area (Å²) >= 11 is 3.21. The second-order valence-corrected chi connectivity index (χ2v) is 6.13. The van der Waals surface area contributed by atoms with Gasteiger partial charge in [-0.1, -0.05) is 35.9 Å². The van der Waals surface area contributed by atoms with Crippen LogP contribution in [-0.2, 0) is 0 Å². The van der Waals surface area contributed by atoms with E-state index in [4.69, 9.17) is 0 Å². The van der Waals surface area contributed by atoms with Gasteiger partial charge in [0.2, 0.25) is 5.13 Å². The van der Waals surface area contributed by atoms with E-state index in [2.05, 4.69) is 46.7 Å². The lowest BCUT2D eigenvalue weighted by Gasteiger charge is -1.97. The standard InChI is InChI=1S/C15H13N3S2/c1-11-4-6-12(7-5-11)14-10-20-15(17-14)18-16-9-13-3-2-8-19-13/h2-10H,1H3,(H,17,18)/b16-9-. The SMILES string of the molecule is Cc1ccc(-c2csc(N/N=C\c3cccs3)n2)cc1. The van der Waals surface area contributed by atoms with Gasteiger partial charge < -0.3 is 0 Å². The summed E-state index contributed by atoms with van der Waals surface area (Å²) in [5.41, 5.74) is 6.32. The second-order valence-electron chi connectivity index (χ2n) is 4.29. The largest absolute Gasteiger partial charge is 0.253 e. The Morgan fingerprint density at radius 1 is 1.15 bits per heavy atom. The number of hydrazone groups is 1. The van der Waals surface area contributed by atoms with Crippen molar-refractivity contribution in [3.8, 4) is 11.3 Å². The Labute approximate surface area is 125 Å². The first-order valence-electron chi connectivity index (χ1n) is 6.16. The molecule has 3 nitrogen and oxygen atoms in total. The smallest absolute Gasteiger partial charge is 0.203 e. The van der Waals surface area contributed by atoms with E-state index in [0.717, 1.165) is 21.3 Å². The molecule has 3 aromatic rings. The van der Waals surface area contributed by atoms with E-state index in [1.807, 2.05) is 22.9 Å². The normalized spacial score (nSPS) is 11.1. The first-order chi connectivity index (χ1) is 9.81. The minimum Gasteiger partial charge on any atom is -0.253 e. The highest BCUT2D eigenvalue weighted by Gasteiger charge is 2.03. The van der Waals surface area contributed by atoms with Crippen molar-refractivity contribution in [3.05, 3.63) is 57.6 Å². The van der Waals surface area contributed by atoms with Gasteiger partial charge >= 0.3 is 0 Å². The van der Waals surface area contributed by atoms with Crippen molar-refractivity contribution in [1.29, 1.82) is 0 Å². The van der Waals surface area contributed by atoms with E-state index in [0.29, 0.717) is 0 Å². The van der Waals surface area contributed by atoms with Crippen LogP contribution in [0.1, 0.15) is 10.4 Å². The van der Waals surface area contributed by atoms with E-state index >= 15 is 0 Å². The summed E-state index contributed by atoms with van der Waals surface area (Å²) in [6, 6.07) is 12.4. The molecule has 1 N–H and O–H groups in total. The van der Waals surface area contributed by atoms with E-state index in [1.165, 1.54) is 5.56 Å². The van der Waals surface area contributed by atoms with Crippen LogP contribution in [0.5, 0.6) is 0 Å². The maximum absolute atomic E-state index is 4.53. The van der Waals surface area contributed by atoms with Gasteiger partial charge in [0.25, 0.3) is 0 Å². The zero-order valence-electron chi connectivity index (χ0n) is 10.9. The molecule has 0 amide bonds. The third-order valence-corrected chi connectivity index (χ3v) is 4.30. The highest BCUT2D eigenvalue weighted by Crippen LogP contribution is 2.25. The zero-order valence-corrected chi connectivity index (χ0v) is 12.5. The molecule has 0 aliphatic rings. The highest BCUT2D eigenvalue weighted by atomic mass is 32.1. The number of nitrogens with zero attached hydrogens (tertiary/aromatic N) is 2. The Morgan fingerprint density at radius 2 is 2.00 bits per heavy atom. The fourth-order valence-electron chi connectivity index (χ4n) is 1.70. The average Bonchev–Trinajstić information content (AvgIpc) is 3.11. The van der Waals surface area contributed by atoms with Gasteiger partial charge in [-0.3, -0.25) is 5.43 Å². The molecular weight excluding hydrogens is 286 g/mol. The van der Waals surface area contributed by atoms with Crippen LogP contribution >= 0.6 is 22.7 Å². The summed E-state index contributed by atoms with van der Waals surface area (Å²) in [5, 5.41) is 9.05. The van der Waals surface area contributed by atoms with Gasteiger partial charge in [0.15, 0.2) is 0 Å². The van der Waals surface area contributed by atoms with Crippen LogP contribution in [0.3, 0.4) is 0 Å². The Kier molecular flexibility index (Phi) is 3.90. The van der Waals surface area contributed by atoms with Crippen LogP contribution in [0.25, 0.3) is 11.3 Å². The number of anilines is 1. The molecule has 100 valence electrons. The molecule has 0 aliphatic heterocycles. The predicted octanol–water partition coefficient (Wildman–Crippen LogP) is 4.63.